The van der Waals surface area contributed by atoms with E-state index in [-0.39, 0.29) is 26.9 Å². The first kappa shape index (κ1) is 32.9. The standard InChI is InChI=1S/C29H35Cl2N7O6S/c1-29(2,3)44-28(39)37-12-10-36(11-13-37)9-7-8-21-33-26-18(22-23(30)19(42-4)15-20(43-5)24(22)31)14-17-16-32-27(45(6,40)41)34-25(17)38(26)35-21/h14-16H,7-13H2,1-6H3. The number of nitrogens with zero attached hydrogens (tertiary/aromatic N) is 7. The van der Waals surface area contributed by atoms with E-state index in [4.69, 9.17) is 47.5 Å². The number of aromatic nitrogens is 5. The van der Waals surface area contributed by atoms with Gasteiger partial charge in [-0.25, -0.2) is 23.2 Å². The van der Waals surface area contributed by atoms with Gasteiger partial charge in [-0.05, 0) is 39.8 Å². The Bertz CT molecular complexity index is 1840. The van der Waals surface area contributed by atoms with Crippen molar-refractivity contribution in [3.63, 3.8) is 0 Å². The summed E-state index contributed by atoms with van der Waals surface area (Å²) in [7, 11) is -0.717. The maximum Gasteiger partial charge on any atom is 0.410 e. The molecule has 13 nitrogen and oxygen atoms in total. The molecule has 0 unspecified atom stereocenters. The highest BCUT2D eigenvalue weighted by molar-refractivity contribution is 7.90. The van der Waals surface area contributed by atoms with Crippen molar-refractivity contribution in [3.05, 3.63) is 34.2 Å². The normalized spacial score (nSPS) is 14.7. The summed E-state index contributed by atoms with van der Waals surface area (Å²) in [5.41, 5.74) is 1.04. The van der Waals surface area contributed by atoms with Gasteiger partial charge in [0.1, 0.15) is 17.1 Å². The molecule has 4 heterocycles. The average Bonchev–Trinajstić information content (AvgIpc) is 3.41. The minimum Gasteiger partial charge on any atom is -0.495 e. The Morgan fingerprint density at radius 1 is 0.978 bits per heavy atom. The predicted octanol–water partition coefficient (Wildman–Crippen LogP) is 4.55. The van der Waals surface area contributed by atoms with Crippen LogP contribution in [0.15, 0.2) is 23.5 Å². The fraction of sp³-hybridized carbons (Fsp3) is 0.483. The van der Waals surface area contributed by atoms with E-state index in [9.17, 15) is 13.2 Å². The molecule has 0 spiro atoms. The fourth-order valence-corrected chi connectivity index (χ4v) is 6.27. The minimum atomic E-state index is -3.69. The van der Waals surface area contributed by atoms with Gasteiger partial charge in [-0.15, -0.1) is 5.10 Å². The van der Waals surface area contributed by atoms with E-state index in [1.807, 2.05) is 20.8 Å². The molecular formula is C29H35Cl2N7O6S. The number of fused-ring (bicyclic) bond motifs is 3. The van der Waals surface area contributed by atoms with Crippen LogP contribution in [0.4, 0.5) is 4.79 Å². The summed E-state index contributed by atoms with van der Waals surface area (Å²) < 4.78 is 42.5. The first-order chi connectivity index (χ1) is 21.2. The third-order valence-electron chi connectivity index (χ3n) is 7.24. The fourth-order valence-electron chi connectivity index (χ4n) is 5.07. The molecule has 3 aromatic heterocycles. The van der Waals surface area contributed by atoms with Crippen LogP contribution in [0.25, 0.3) is 27.8 Å². The van der Waals surface area contributed by atoms with E-state index in [0.29, 0.717) is 59.0 Å². The van der Waals surface area contributed by atoms with Crippen LogP contribution in [-0.4, -0.2) is 108 Å². The smallest absolute Gasteiger partial charge is 0.410 e. The van der Waals surface area contributed by atoms with Crippen LogP contribution in [0.1, 0.15) is 33.0 Å². The van der Waals surface area contributed by atoms with Crippen LogP contribution in [0.2, 0.25) is 10.0 Å². The van der Waals surface area contributed by atoms with E-state index in [0.717, 1.165) is 32.3 Å². The summed E-state index contributed by atoms with van der Waals surface area (Å²) in [5.74, 6) is 1.22. The molecule has 0 aliphatic carbocycles. The Balaban J connectivity index is 1.46. The number of halogens is 2. The zero-order chi connectivity index (χ0) is 32.7. The van der Waals surface area contributed by atoms with E-state index >= 15 is 0 Å². The Kier molecular flexibility index (Phi) is 9.32. The number of piperazine rings is 1. The minimum absolute atomic E-state index is 0.244. The topological polar surface area (TPSA) is 141 Å². The van der Waals surface area contributed by atoms with Gasteiger partial charge in [-0.2, -0.15) is 9.50 Å². The highest BCUT2D eigenvalue weighted by Crippen LogP contribution is 2.47. The van der Waals surface area contributed by atoms with Crippen molar-refractivity contribution in [2.75, 3.05) is 53.2 Å². The van der Waals surface area contributed by atoms with E-state index < -0.39 is 15.4 Å². The first-order valence-electron chi connectivity index (χ1n) is 14.3. The van der Waals surface area contributed by atoms with Crippen LogP contribution in [-0.2, 0) is 21.0 Å². The number of carbonyl (C=O) groups is 1. The Labute approximate surface area is 271 Å². The molecule has 16 heteroatoms. The van der Waals surface area contributed by atoms with Crippen LogP contribution in [0.5, 0.6) is 11.5 Å². The molecular weight excluding hydrogens is 645 g/mol. The van der Waals surface area contributed by atoms with Crippen molar-refractivity contribution in [3.8, 4) is 22.6 Å². The molecule has 1 fully saturated rings. The lowest BCUT2D eigenvalue weighted by atomic mass is 10.0. The molecule has 0 atom stereocenters. The van der Waals surface area contributed by atoms with Gasteiger partial charge >= 0.3 is 6.09 Å². The zero-order valence-electron chi connectivity index (χ0n) is 25.9. The second-order valence-corrected chi connectivity index (χ2v) is 14.4. The van der Waals surface area contributed by atoms with Crippen LogP contribution < -0.4 is 9.47 Å². The molecule has 0 N–H and O–H groups in total. The lowest BCUT2D eigenvalue weighted by molar-refractivity contribution is 0.0144. The summed E-state index contributed by atoms with van der Waals surface area (Å²) in [6, 6.07) is 3.34. The average molecular weight is 681 g/mol. The molecule has 1 aliphatic rings. The molecule has 0 bridgehead atoms. The Morgan fingerprint density at radius 3 is 2.20 bits per heavy atom. The molecule has 5 rings (SSSR count). The van der Waals surface area contributed by atoms with Crippen molar-refractivity contribution < 1.29 is 27.4 Å². The van der Waals surface area contributed by atoms with Crippen LogP contribution >= 0.6 is 23.2 Å². The van der Waals surface area contributed by atoms with Gasteiger partial charge in [0.15, 0.2) is 17.1 Å². The number of hydrogen-bond donors (Lipinski definition) is 0. The largest absolute Gasteiger partial charge is 0.495 e. The second-order valence-electron chi connectivity index (χ2n) is 11.7. The Morgan fingerprint density at radius 2 is 1.62 bits per heavy atom. The van der Waals surface area contributed by atoms with Gasteiger partial charge in [0.25, 0.3) is 0 Å². The number of benzene rings is 1. The number of carbonyl (C=O) groups excluding carboxylic acids is 1. The quantitative estimate of drug-likeness (QED) is 0.242. The van der Waals surface area contributed by atoms with Gasteiger partial charge in [0.05, 0.1) is 24.3 Å². The van der Waals surface area contributed by atoms with E-state index in [2.05, 4.69) is 14.9 Å². The van der Waals surface area contributed by atoms with Gasteiger partial charge in [0, 0.05) is 67.6 Å². The number of hydrogen-bond acceptors (Lipinski definition) is 11. The summed E-state index contributed by atoms with van der Waals surface area (Å²) in [4.78, 5) is 29.6. The van der Waals surface area contributed by atoms with Gasteiger partial charge in [-0.3, -0.25) is 4.90 Å². The number of pyridine rings is 1. The maximum absolute atomic E-state index is 12.4. The van der Waals surface area contributed by atoms with Crippen molar-refractivity contribution in [1.82, 2.24) is 34.4 Å². The first-order valence-corrected chi connectivity index (χ1v) is 16.9. The van der Waals surface area contributed by atoms with Gasteiger partial charge < -0.3 is 19.1 Å². The Hall–Kier alpha value is -3.46. The monoisotopic (exact) mass is 679 g/mol. The lowest BCUT2D eigenvalue weighted by Gasteiger charge is -2.35. The van der Waals surface area contributed by atoms with Crippen molar-refractivity contribution >= 4 is 55.8 Å². The zero-order valence-corrected chi connectivity index (χ0v) is 28.3. The highest BCUT2D eigenvalue weighted by Gasteiger charge is 2.27. The predicted molar refractivity (Wildman–Crippen MR) is 170 cm³/mol. The molecule has 1 aromatic carbocycles. The highest BCUT2D eigenvalue weighted by atomic mass is 35.5. The molecule has 45 heavy (non-hydrogen) atoms. The van der Waals surface area contributed by atoms with Crippen LogP contribution in [0.3, 0.4) is 0 Å². The number of rotatable bonds is 8. The summed E-state index contributed by atoms with van der Waals surface area (Å²) >= 11 is 13.6. The summed E-state index contributed by atoms with van der Waals surface area (Å²) in [5, 5.41) is 5.39. The third kappa shape index (κ3) is 7.03. The molecule has 0 saturated carbocycles. The molecule has 0 radical (unpaired) electrons. The molecule has 242 valence electrons. The molecule has 4 aromatic rings. The van der Waals surface area contributed by atoms with Crippen molar-refractivity contribution in [2.24, 2.45) is 0 Å². The van der Waals surface area contributed by atoms with Gasteiger partial charge in [-0.1, -0.05) is 23.2 Å². The molecule has 1 aliphatic heterocycles. The SMILES string of the molecule is COc1cc(OC)c(Cl)c(-c2cc3cnc(S(C)(=O)=O)nc3n3nc(CCCN4CCN(C(=O)OC(C)(C)C)CC4)nc23)c1Cl. The lowest BCUT2D eigenvalue weighted by Crippen LogP contribution is -2.50. The number of amides is 1. The second kappa shape index (κ2) is 12.7. The molecule has 1 saturated heterocycles. The van der Waals surface area contributed by atoms with Crippen molar-refractivity contribution in [2.45, 2.75) is 44.4 Å². The number of sulfone groups is 1. The van der Waals surface area contributed by atoms with Crippen LogP contribution in [0, 0.1) is 0 Å². The number of ether oxygens (including phenoxy) is 3. The summed E-state index contributed by atoms with van der Waals surface area (Å²) in [6.45, 7) is 8.97. The molecule has 1 amide bonds. The number of methoxy groups -OCH3 is 2. The third-order valence-corrected chi connectivity index (χ3v) is 8.85. The maximum atomic E-state index is 12.4. The number of aryl methyl sites for hydroxylation is 1. The van der Waals surface area contributed by atoms with Gasteiger partial charge in [0.2, 0.25) is 15.0 Å². The van der Waals surface area contributed by atoms with Crippen molar-refractivity contribution in [1.29, 1.82) is 0 Å². The van der Waals surface area contributed by atoms with E-state index in [1.165, 1.54) is 24.9 Å². The van der Waals surface area contributed by atoms with E-state index in [1.54, 1.807) is 17.0 Å². The summed E-state index contributed by atoms with van der Waals surface area (Å²) in [6.07, 6.45) is 3.44.